The third-order valence-electron chi connectivity index (χ3n) is 3.56. The van der Waals surface area contributed by atoms with Gasteiger partial charge in [0.2, 0.25) is 5.91 Å². The molecule has 0 saturated carbocycles. The number of hydrogen-bond acceptors (Lipinski definition) is 7. The summed E-state index contributed by atoms with van der Waals surface area (Å²) < 4.78 is 4.72. The van der Waals surface area contributed by atoms with E-state index in [1.54, 1.807) is 11.3 Å². The fourth-order valence-corrected chi connectivity index (χ4v) is 3.05. The Morgan fingerprint density at radius 3 is 2.62 bits per heavy atom. The number of rotatable bonds is 3. The van der Waals surface area contributed by atoms with Gasteiger partial charge in [0.15, 0.2) is 5.82 Å². The Bertz CT molecular complexity index is 630. The molecule has 0 spiro atoms. The molecule has 1 amide bonds. The predicted molar refractivity (Wildman–Crippen MR) is 78.4 cm³/mol. The molecule has 3 rings (SSSR count). The van der Waals surface area contributed by atoms with Crippen molar-refractivity contribution in [3.05, 3.63) is 21.8 Å². The fourth-order valence-electron chi connectivity index (χ4n) is 2.44. The van der Waals surface area contributed by atoms with Crippen LogP contribution in [0.5, 0.6) is 0 Å². The van der Waals surface area contributed by atoms with Gasteiger partial charge in [-0.25, -0.2) is 9.61 Å². The first-order valence-corrected chi connectivity index (χ1v) is 7.74. The number of nitrogens with zero attached hydrogens (tertiary/aromatic N) is 5. The molecule has 2 aromatic rings. The molecule has 21 heavy (non-hydrogen) atoms. The highest BCUT2D eigenvalue weighted by molar-refractivity contribution is 7.09. The van der Waals surface area contributed by atoms with Gasteiger partial charge in [-0.2, -0.15) is 0 Å². The zero-order chi connectivity index (χ0) is 14.8. The average Bonchev–Trinajstić information content (AvgIpc) is 3.08. The molecule has 112 valence electrons. The van der Waals surface area contributed by atoms with E-state index in [1.165, 1.54) is 0 Å². The molecule has 0 radical (unpaired) electrons. The lowest BCUT2D eigenvalue weighted by atomic mass is 10.2. The van der Waals surface area contributed by atoms with Crippen molar-refractivity contribution >= 4 is 23.1 Å². The summed E-state index contributed by atoms with van der Waals surface area (Å²) in [5.41, 5.74) is 1.65. The fraction of sp³-hybridized carbons (Fsp3) is 0.538. The van der Waals surface area contributed by atoms with E-state index in [9.17, 15) is 4.79 Å². The zero-order valence-corrected chi connectivity index (χ0v) is 12.9. The maximum Gasteiger partial charge on any atom is 0.228 e. The molecule has 1 fully saturated rings. The second kappa shape index (κ2) is 5.80. The summed E-state index contributed by atoms with van der Waals surface area (Å²) in [5, 5.41) is 10.6. The Morgan fingerprint density at radius 2 is 2.05 bits per heavy atom. The molecule has 0 atom stereocenters. The Kier molecular flexibility index (Phi) is 3.87. The van der Waals surface area contributed by atoms with Gasteiger partial charge in [0.25, 0.3) is 0 Å². The van der Waals surface area contributed by atoms with Crippen LogP contribution in [0.25, 0.3) is 0 Å². The summed E-state index contributed by atoms with van der Waals surface area (Å²) in [6.45, 7) is 6.69. The normalized spacial score (nSPS) is 15.5. The third-order valence-corrected chi connectivity index (χ3v) is 4.38. The van der Waals surface area contributed by atoms with Crippen LogP contribution in [0.15, 0.2) is 10.0 Å². The van der Waals surface area contributed by atoms with E-state index in [4.69, 9.17) is 4.63 Å². The van der Waals surface area contributed by atoms with E-state index < -0.39 is 0 Å². The van der Waals surface area contributed by atoms with Gasteiger partial charge in [0.05, 0.1) is 17.1 Å². The molecule has 0 aromatic carbocycles. The highest BCUT2D eigenvalue weighted by Gasteiger charge is 2.24. The first-order valence-electron chi connectivity index (χ1n) is 6.86. The molecule has 0 N–H and O–H groups in total. The summed E-state index contributed by atoms with van der Waals surface area (Å²) in [5.74, 6) is 0.909. The smallest absolute Gasteiger partial charge is 0.228 e. The molecule has 1 aliphatic heterocycles. The number of amides is 1. The Labute approximate surface area is 126 Å². The minimum absolute atomic E-state index is 0.134. The third kappa shape index (κ3) is 3.05. The van der Waals surface area contributed by atoms with Crippen molar-refractivity contribution in [2.75, 3.05) is 31.1 Å². The number of anilines is 1. The summed E-state index contributed by atoms with van der Waals surface area (Å²) in [4.78, 5) is 20.6. The second-order valence-electron chi connectivity index (χ2n) is 5.08. The second-order valence-corrected chi connectivity index (χ2v) is 6.14. The van der Waals surface area contributed by atoms with Gasteiger partial charge < -0.3 is 9.80 Å². The van der Waals surface area contributed by atoms with E-state index >= 15 is 0 Å². The van der Waals surface area contributed by atoms with Gasteiger partial charge in [-0.15, -0.1) is 11.3 Å². The van der Waals surface area contributed by atoms with Crippen LogP contribution in [0, 0.1) is 13.8 Å². The van der Waals surface area contributed by atoms with Gasteiger partial charge in [-0.1, -0.05) is 5.16 Å². The van der Waals surface area contributed by atoms with Crippen LogP contribution in [-0.4, -0.2) is 52.3 Å². The van der Waals surface area contributed by atoms with Crippen molar-refractivity contribution in [2.24, 2.45) is 0 Å². The molecule has 3 heterocycles. The maximum absolute atomic E-state index is 12.3. The quantitative estimate of drug-likeness (QED) is 0.843. The summed E-state index contributed by atoms with van der Waals surface area (Å²) >= 11 is 1.58. The zero-order valence-electron chi connectivity index (χ0n) is 12.1. The van der Waals surface area contributed by atoms with Crippen molar-refractivity contribution in [3.8, 4) is 0 Å². The minimum atomic E-state index is 0.134. The molecular formula is C13H17N5O2S. The van der Waals surface area contributed by atoms with Gasteiger partial charge in [0.1, 0.15) is 5.69 Å². The monoisotopic (exact) mass is 307 g/mol. The lowest BCUT2D eigenvalue weighted by molar-refractivity contribution is -0.130. The SMILES string of the molecule is Cc1nc(CC(=O)N2CCN(c3nonc3C)CC2)cs1. The summed E-state index contributed by atoms with van der Waals surface area (Å²) in [6.07, 6.45) is 0.384. The molecule has 0 bridgehead atoms. The van der Waals surface area contributed by atoms with Gasteiger partial charge in [0, 0.05) is 31.6 Å². The topological polar surface area (TPSA) is 75.4 Å². The number of aromatic nitrogens is 3. The van der Waals surface area contributed by atoms with Crippen molar-refractivity contribution in [1.82, 2.24) is 20.2 Å². The standard InChI is InChI=1S/C13H17N5O2S/c1-9-13(16-20-15-9)18-5-3-17(4-6-18)12(19)7-11-8-21-10(2)14-11/h8H,3-7H2,1-2H3. The molecule has 1 saturated heterocycles. The van der Waals surface area contributed by atoms with Crippen molar-refractivity contribution in [2.45, 2.75) is 20.3 Å². The molecule has 0 aliphatic carbocycles. The maximum atomic E-state index is 12.3. The van der Waals surface area contributed by atoms with Crippen LogP contribution >= 0.6 is 11.3 Å². The molecule has 7 nitrogen and oxygen atoms in total. The van der Waals surface area contributed by atoms with Crippen LogP contribution in [0.4, 0.5) is 5.82 Å². The number of piperazine rings is 1. The van der Waals surface area contributed by atoms with Gasteiger partial charge >= 0.3 is 0 Å². The highest BCUT2D eigenvalue weighted by atomic mass is 32.1. The molecule has 0 unspecified atom stereocenters. The largest absolute Gasteiger partial charge is 0.349 e. The highest BCUT2D eigenvalue weighted by Crippen LogP contribution is 2.17. The Hall–Kier alpha value is -1.96. The van der Waals surface area contributed by atoms with E-state index in [0.29, 0.717) is 19.5 Å². The molecule has 8 heteroatoms. The molecule has 1 aliphatic rings. The minimum Gasteiger partial charge on any atom is -0.349 e. The molecular weight excluding hydrogens is 290 g/mol. The van der Waals surface area contributed by atoms with Gasteiger partial charge in [-0.3, -0.25) is 4.79 Å². The van der Waals surface area contributed by atoms with Crippen LogP contribution in [0.3, 0.4) is 0 Å². The van der Waals surface area contributed by atoms with E-state index in [1.807, 2.05) is 24.1 Å². The first kappa shape index (κ1) is 14.0. The number of thiazole rings is 1. The van der Waals surface area contributed by atoms with Crippen molar-refractivity contribution in [3.63, 3.8) is 0 Å². The number of hydrogen-bond donors (Lipinski definition) is 0. The van der Waals surface area contributed by atoms with E-state index in [-0.39, 0.29) is 5.91 Å². The van der Waals surface area contributed by atoms with Crippen LogP contribution < -0.4 is 4.90 Å². The lowest BCUT2D eigenvalue weighted by Crippen LogP contribution is -2.49. The average molecular weight is 307 g/mol. The number of carbonyl (C=O) groups is 1. The van der Waals surface area contributed by atoms with Crippen molar-refractivity contribution < 1.29 is 9.42 Å². The number of aryl methyl sites for hydroxylation is 2. The van der Waals surface area contributed by atoms with Gasteiger partial charge in [-0.05, 0) is 19.0 Å². The number of carbonyl (C=O) groups excluding carboxylic acids is 1. The predicted octanol–water partition coefficient (Wildman–Crippen LogP) is 1.03. The molecule has 2 aromatic heterocycles. The lowest BCUT2D eigenvalue weighted by Gasteiger charge is -2.34. The van der Waals surface area contributed by atoms with Crippen LogP contribution in [0.1, 0.15) is 16.4 Å². The Balaban J connectivity index is 1.56. The first-order chi connectivity index (χ1) is 10.1. The van der Waals surface area contributed by atoms with Crippen LogP contribution in [0.2, 0.25) is 0 Å². The van der Waals surface area contributed by atoms with E-state index in [0.717, 1.165) is 35.3 Å². The van der Waals surface area contributed by atoms with Crippen LogP contribution in [-0.2, 0) is 11.2 Å². The Morgan fingerprint density at radius 1 is 1.29 bits per heavy atom. The summed E-state index contributed by atoms with van der Waals surface area (Å²) in [6, 6.07) is 0. The van der Waals surface area contributed by atoms with E-state index in [2.05, 4.69) is 20.2 Å². The van der Waals surface area contributed by atoms with Crippen molar-refractivity contribution in [1.29, 1.82) is 0 Å². The summed E-state index contributed by atoms with van der Waals surface area (Å²) in [7, 11) is 0.